The Morgan fingerprint density at radius 1 is 0.917 bits per heavy atom. The molecule has 1 aliphatic heterocycles. The van der Waals surface area contributed by atoms with Crippen molar-refractivity contribution >= 4 is 28.2 Å². The number of hydrogen-bond acceptors (Lipinski definition) is 6. The maximum absolute atomic E-state index is 15.4. The fourth-order valence-corrected chi connectivity index (χ4v) is 4.99. The molecule has 0 spiro atoms. The van der Waals surface area contributed by atoms with E-state index in [2.05, 4.69) is 10.1 Å². The first-order valence-corrected chi connectivity index (χ1v) is 11.5. The molecule has 0 aliphatic carbocycles. The normalized spacial score (nSPS) is 14.4. The highest BCUT2D eigenvalue weighted by Gasteiger charge is 2.39. The van der Waals surface area contributed by atoms with E-state index in [-0.39, 0.29) is 27.8 Å². The van der Waals surface area contributed by atoms with Crippen LogP contribution in [-0.2, 0) is 0 Å². The molecule has 1 aliphatic rings. The number of benzene rings is 3. The second-order valence-electron chi connectivity index (χ2n) is 8.33. The van der Waals surface area contributed by atoms with Crippen molar-refractivity contribution in [3.8, 4) is 23.0 Å². The van der Waals surface area contributed by atoms with Crippen LogP contribution >= 0.6 is 11.6 Å². The Bertz CT molecular complexity index is 1860. The van der Waals surface area contributed by atoms with Gasteiger partial charge in [-0.15, -0.1) is 5.10 Å². The Kier molecular flexibility index (Phi) is 4.46. The standard InChI is InChI=1S/C27H14ClFN4O3/c28-16-10-6-11-17(29)19(16)20-21-23(15-9-4-5-12-18(15)35-27(21)34)36-26-22(20)25-31-24(32-33(25)13-30-26)14-7-2-1-3-8-14/h1-13,20H. The lowest BCUT2D eigenvalue weighted by molar-refractivity contribution is 0.420. The molecule has 7 rings (SSSR count). The first-order chi connectivity index (χ1) is 17.6. The predicted molar refractivity (Wildman–Crippen MR) is 131 cm³/mol. The summed E-state index contributed by atoms with van der Waals surface area (Å²) in [6, 6.07) is 20.8. The lowest BCUT2D eigenvalue weighted by Gasteiger charge is -2.28. The summed E-state index contributed by atoms with van der Waals surface area (Å²) in [5, 5.41) is 5.26. The molecular formula is C27H14ClFN4O3. The third kappa shape index (κ3) is 2.98. The average Bonchev–Trinajstić information content (AvgIpc) is 3.33. The molecule has 0 radical (unpaired) electrons. The molecule has 6 aromatic rings. The number of hydrogen-bond donors (Lipinski definition) is 0. The van der Waals surface area contributed by atoms with Crippen LogP contribution in [0.1, 0.15) is 22.6 Å². The zero-order chi connectivity index (χ0) is 24.4. The van der Waals surface area contributed by atoms with Gasteiger partial charge in [-0.05, 0) is 24.3 Å². The van der Waals surface area contributed by atoms with Gasteiger partial charge in [0.25, 0.3) is 0 Å². The zero-order valence-electron chi connectivity index (χ0n) is 18.4. The molecular weight excluding hydrogens is 483 g/mol. The second kappa shape index (κ2) is 7.73. The Balaban J connectivity index is 1.60. The van der Waals surface area contributed by atoms with E-state index in [1.165, 1.54) is 23.0 Å². The van der Waals surface area contributed by atoms with Crippen molar-refractivity contribution in [2.45, 2.75) is 5.92 Å². The summed E-state index contributed by atoms with van der Waals surface area (Å²) in [4.78, 5) is 22.6. The Labute approximate surface area is 207 Å². The van der Waals surface area contributed by atoms with Crippen molar-refractivity contribution in [2.24, 2.45) is 0 Å². The van der Waals surface area contributed by atoms with Gasteiger partial charge in [0, 0.05) is 16.1 Å². The number of halogens is 2. The number of nitrogens with zero attached hydrogens (tertiary/aromatic N) is 4. The molecule has 4 heterocycles. The molecule has 0 N–H and O–H groups in total. The maximum Gasteiger partial charge on any atom is 0.344 e. The van der Waals surface area contributed by atoms with Crippen LogP contribution in [0.15, 0.2) is 88.3 Å². The maximum atomic E-state index is 15.4. The minimum atomic E-state index is -0.998. The lowest BCUT2D eigenvalue weighted by Crippen LogP contribution is -2.23. The molecule has 0 saturated heterocycles. The summed E-state index contributed by atoms with van der Waals surface area (Å²) in [5.74, 6) is -0.702. The number of ether oxygens (including phenoxy) is 1. The summed E-state index contributed by atoms with van der Waals surface area (Å²) in [6.45, 7) is 0. The topological polar surface area (TPSA) is 82.5 Å². The van der Waals surface area contributed by atoms with E-state index in [1.54, 1.807) is 30.3 Å². The largest absolute Gasteiger partial charge is 0.437 e. The number of rotatable bonds is 2. The van der Waals surface area contributed by atoms with E-state index >= 15 is 4.39 Å². The summed E-state index contributed by atoms with van der Waals surface area (Å²) in [5.41, 5.74) is 1.43. The average molecular weight is 497 g/mol. The third-order valence-electron chi connectivity index (χ3n) is 6.28. The zero-order valence-corrected chi connectivity index (χ0v) is 19.1. The molecule has 1 atom stereocenters. The van der Waals surface area contributed by atoms with Gasteiger partial charge in [0.2, 0.25) is 5.88 Å². The number of aromatic nitrogens is 4. The molecule has 0 bridgehead atoms. The summed E-state index contributed by atoms with van der Waals surface area (Å²) in [7, 11) is 0. The Hall–Kier alpha value is -4.56. The molecule has 7 nitrogen and oxygen atoms in total. The van der Waals surface area contributed by atoms with Gasteiger partial charge in [0.15, 0.2) is 17.2 Å². The van der Waals surface area contributed by atoms with Gasteiger partial charge < -0.3 is 9.15 Å². The van der Waals surface area contributed by atoms with Crippen molar-refractivity contribution in [3.05, 3.63) is 117 Å². The minimum absolute atomic E-state index is 0.103. The number of fused-ring (bicyclic) bond motifs is 6. The van der Waals surface area contributed by atoms with Crippen LogP contribution in [0.5, 0.6) is 11.6 Å². The first kappa shape index (κ1) is 20.8. The monoisotopic (exact) mass is 496 g/mol. The van der Waals surface area contributed by atoms with Crippen molar-refractivity contribution in [1.29, 1.82) is 0 Å². The highest BCUT2D eigenvalue weighted by molar-refractivity contribution is 6.31. The molecule has 3 aromatic carbocycles. The van der Waals surface area contributed by atoms with E-state index in [4.69, 9.17) is 25.7 Å². The van der Waals surface area contributed by atoms with Crippen LogP contribution in [0, 0.1) is 5.82 Å². The van der Waals surface area contributed by atoms with Crippen molar-refractivity contribution < 1.29 is 13.5 Å². The van der Waals surface area contributed by atoms with E-state index < -0.39 is 17.4 Å². The third-order valence-corrected chi connectivity index (χ3v) is 6.61. The van der Waals surface area contributed by atoms with Gasteiger partial charge in [0.05, 0.1) is 22.4 Å². The first-order valence-electron chi connectivity index (χ1n) is 11.1. The van der Waals surface area contributed by atoms with E-state index in [9.17, 15) is 4.79 Å². The quantitative estimate of drug-likeness (QED) is 0.274. The second-order valence-corrected chi connectivity index (χ2v) is 8.74. The van der Waals surface area contributed by atoms with Gasteiger partial charge in [-0.2, -0.15) is 0 Å². The summed E-state index contributed by atoms with van der Waals surface area (Å²) in [6.07, 6.45) is 1.48. The van der Waals surface area contributed by atoms with Gasteiger partial charge in [-0.3, -0.25) is 0 Å². The highest BCUT2D eigenvalue weighted by atomic mass is 35.5. The van der Waals surface area contributed by atoms with Crippen molar-refractivity contribution in [2.75, 3.05) is 0 Å². The van der Waals surface area contributed by atoms with Gasteiger partial charge in [-0.1, -0.05) is 60.1 Å². The SMILES string of the molecule is O=c1oc2ccccc2c2c1C(c1c(F)cccc1Cl)c1c(ncn3nc(-c4ccccc4)nc13)O2. The molecule has 0 fully saturated rings. The fraction of sp³-hybridized carbons (Fsp3) is 0.0370. The molecule has 9 heteroatoms. The lowest BCUT2D eigenvalue weighted by atomic mass is 9.83. The van der Waals surface area contributed by atoms with E-state index in [1.807, 2.05) is 30.3 Å². The van der Waals surface area contributed by atoms with Crippen LogP contribution in [0.3, 0.4) is 0 Å². The van der Waals surface area contributed by atoms with E-state index in [0.29, 0.717) is 28.0 Å². The minimum Gasteiger partial charge on any atom is -0.437 e. The van der Waals surface area contributed by atoms with Crippen LogP contribution < -0.4 is 10.4 Å². The molecule has 0 amide bonds. The molecule has 36 heavy (non-hydrogen) atoms. The van der Waals surface area contributed by atoms with Crippen LogP contribution in [0.4, 0.5) is 4.39 Å². The van der Waals surface area contributed by atoms with Gasteiger partial charge >= 0.3 is 5.63 Å². The van der Waals surface area contributed by atoms with Crippen molar-refractivity contribution in [3.63, 3.8) is 0 Å². The number of para-hydroxylation sites is 1. The van der Waals surface area contributed by atoms with Gasteiger partial charge in [-0.25, -0.2) is 23.7 Å². The Morgan fingerprint density at radius 2 is 1.72 bits per heavy atom. The Morgan fingerprint density at radius 3 is 2.56 bits per heavy atom. The summed E-state index contributed by atoms with van der Waals surface area (Å²) < 4.78 is 28.7. The molecule has 3 aromatic heterocycles. The van der Waals surface area contributed by atoms with Crippen LogP contribution in [-0.4, -0.2) is 19.6 Å². The van der Waals surface area contributed by atoms with Crippen LogP contribution in [0.25, 0.3) is 28.0 Å². The smallest absolute Gasteiger partial charge is 0.344 e. The molecule has 0 saturated carbocycles. The molecule has 174 valence electrons. The predicted octanol–water partition coefficient (Wildman–Crippen LogP) is 5.98. The molecule has 1 unspecified atom stereocenters. The van der Waals surface area contributed by atoms with E-state index in [0.717, 1.165) is 5.56 Å². The fourth-order valence-electron chi connectivity index (χ4n) is 4.71. The van der Waals surface area contributed by atoms with Gasteiger partial charge in [0.1, 0.15) is 17.7 Å². The van der Waals surface area contributed by atoms with Crippen molar-refractivity contribution in [1.82, 2.24) is 19.6 Å². The van der Waals surface area contributed by atoms with Crippen LogP contribution in [0.2, 0.25) is 5.02 Å². The summed E-state index contributed by atoms with van der Waals surface area (Å²) >= 11 is 6.54. The highest BCUT2D eigenvalue weighted by Crippen LogP contribution is 2.50.